The summed E-state index contributed by atoms with van der Waals surface area (Å²) in [6.07, 6.45) is 14.5. The molecule has 3 fully saturated rings. The van der Waals surface area contributed by atoms with Crippen LogP contribution in [0.25, 0.3) is 0 Å². The summed E-state index contributed by atoms with van der Waals surface area (Å²) in [5.74, 6) is 0. The van der Waals surface area contributed by atoms with Gasteiger partial charge >= 0.3 is 0 Å². The molecule has 1 saturated carbocycles. The van der Waals surface area contributed by atoms with Gasteiger partial charge in [-0.3, -0.25) is 0 Å². The second-order valence-electron chi connectivity index (χ2n) is 6.41. The van der Waals surface area contributed by atoms with E-state index in [0.29, 0.717) is 0 Å². The number of hydrogen-bond donors (Lipinski definition) is 1. The van der Waals surface area contributed by atoms with Crippen LogP contribution >= 0.6 is 0 Å². The predicted molar refractivity (Wildman–Crippen MR) is 72.2 cm³/mol. The van der Waals surface area contributed by atoms with Crippen molar-refractivity contribution in [3.8, 4) is 0 Å². The molecular weight excluding hydrogens is 208 g/mol. The first kappa shape index (κ1) is 12.0. The van der Waals surface area contributed by atoms with Crippen LogP contribution in [-0.2, 0) is 0 Å². The van der Waals surface area contributed by atoms with Crippen molar-refractivity contribution < 1.29 is 0 Å². The Kier molecular flexibility index (Phi) is 4.02. The fourth-order valence-electron chi connectivity index (χ4n) is 4.16. The predicted octanol–water partition coefficient (Wildman–Crippen LogP) is 2.93. The van der Waals surface area contributed by atoms with Crippen molar-refractivity contribution in [2.45, 2.75) is 82.3 Å². The van der Waals surface area contributed by atoms with Crippen LogP contribution in [0.4, 0.5) is 0 Å². The molecule has 1 N–H and O–H groups in total. The second-order valence-corrected chi connectivity index (χ2v) is 6.41. The van der Waals surface area contributed by atoms with Crippen LogP contribution in [0.5, 0.6) is 0 Å². The summed E-state index contributed by atoms with van der Waals surface area (Å²) in [5.41, 5.74) is 0. The van der Waals surface area contributed by atoms with Crippen LogP contribution < -0.4 is 5.32 Å². The quantitative estimate of drug-likeness (QED) is 0.742. The summed E-state index contributed by atoms with van der Waals surface area (Å²) in [6.45, 7) is 2.73. The van der Waals surface area contributed by atoms with Gasteiger partial charge in [-0.15, -0.1) is 0 Å². The molecule has 2 heteroatoms. The van der Waals surface area contributed by atoms with Crippen LogP contribution in [-0.4, -0.2) is 36.1 Å². The van der Waals surface area contributed by atoms with E-state index >= 15 is 0 Å². The first-order chi connectivity index (χ1) is 8.42. The molecule has 0 radical (unpaired) electrons. The van der Waals surface area contributed by atoms with Gasteiger partial charge in [0.2, 0.25) is 0 Å². The van der Waals surface area contributed by atoms with Crippen LogP contribution in [0.2, 0.25) is 0 Å². The Balaban J connectivity index is 1.48. The van der Waals surface area contributed by atoms with E-state index in [0.717, 1.165) is 18.1 Å². The lowest BCUT2D eigenvalue weighted by atomic mass is 9.96. The molecule has 2 heterocycles. The molecule has 0 aromatic carbocycles. The molecular formula is C15H28N2. The molecule has 0 aromatic rings. The average Bonchev–Trinajstić information content (AvgIpc) is 2.65. The Bertz CT molecular complexity index is 233. The van der Waals surface area contributed by atoms with Gasteiger partial charge in [-0.1, -0.05) is 25.7 Å². The zero-order chi connectivity index (χ0) is 11.5. The highest BCUT2D eigenvalue weighted by Gasteiger charge is 2.32. The lowest BCUT2D eigenvalue weighted by Crippen LogP contribution is -2.48. The largest absolute Gasteiger partial charge is 0.311 e. The van der Waals surface area contributed by atoms with Gasteiger partial charge in [0, 0.05) is 18.1 Å². The van der Waals surface area contributed by atoms with Gasteiger partial charge in [0.25, 0.3) is 0 Å². The van der Waals surface area contributed by atoms with Crippen molar-refractivity contribution in [3.05, 3.63) is 0 Å². The van der Waals surface area contributed by atoms with E-state index in [4.69, 9.17) is 0 Å². The highest BCUT2D eigenvalue weighted by molar-refractivity contribution is 4.90. The minimum absolute atomic E-state index is 0.831. The van der Waals surface area contributed by atoms with E-state index < -0.39 is 0 Å². The molecule has 0 bridgehead atoms. The van der Waals surface area contributed by atoms with E-state index in [9.17, 15) is 0 Å². The van der Waals surface area contributed by atoms with Gasteiger partial charge < -0.3 is 10.2 Å². The van der Waals surface area contributed by atoms with Gasteiger partial charge in [0.1, 0.15) is 0 Å². The van der Waals surface area contributed by atoms with Gasteiger partial charge in [-0.2, -0.15) is 0 Å². The van der Waals surface area contributed by atoms with Gasteiger partial charge in [-0.25, -0.2) is 0 Å². The maximum absolute atomic E-state index is 3.98. The fourth-order valence-corrected chi connectivity index (χ4v) is 4.16. The summed E-state index contributed by atoms with van der Waals surface area (Å²) in [7, 11) is 0. The Labute approximate surface area is 106 Å². The van der Waals surface area contributed by atoms with Crippen molar-refractivity contribution in [2.75, 3.05) is 13.1 Å². The van der Waals surface area contributed by atoms with Crippen molar-refractivity contribution in [2.24, 2.45) is 0 Å². The molecule has 2 saturated heterocycles. The normalized spacial score (nSPS) is 36.7. The third kappa shape index (κ3) is 3.03. The summed E-state index contributed by atoms with van der Waals surface area (Å²) in [6, 6.07) is 2.60. The van der Waals surface area contributed by atoms with Gasteiger partial charge in [0.05, 0.1) is 0 Å². The number of piperidine rings is 1. The van der Waals surface area contributed by atoms with Crippen LogP contribution in [0, 0.1) is 0 Å². The minimum atomic E-state index is 0.831. The summed E-state index contributed by atoms with van der Waals surface area (Å²) in [5, 5.41) is 3.98. The first-order valence-electron chi connectivity index (χ1n) is 7.92. The molecule has 2 aliphatic heterocycles. The van der Waals surface area contributed by atoms with E-state index in [-0.39, 0.29) is 0 Å². The number of rotatable bonds is 2. The highest BCUT2D eigenvalue weighted by atomic mass is 15.2. The maximum Gasteiger partial charge on any atom is 0.0111 e. The van der Waals surface area contributed by atoms with Crippen molar-refractivity contribution >= 4 is 0 Å². The summed E-state index contributed by atoms with van der Waals surface area (Å²) < 4.78 is 0. The molecule has 0 amide bonds. The molecule has 2 nitrogen and oxygen atoms in total. The Morgan fingerprint density at radius 3 is 2.35 bits per heavy atom. The van der Waals surface area contributed by atoms with Crippen molar-refractivity contribution in [1.82, 2.24) is 10.2 Å². The Morgan fingerprint density at radius 1 is 0.706 bits per heavy atom. The smallest absolute Gasteiger partial charge is 0.0111 e. The first-order valence-corrected chi connectivity index (χ1v) is 7.92. The molecule has 17 heavy (non-hydrogen) atoms. The maximum atomic E-state index is 3.98. The van der Waals surface area contributed by atoms with E-state index in [1.54, 1.807) is 0 Å². The number of nitrogens with one attached hydrogen (secondary N) is 1. The zero-order valence-corrected chi connectivity index (χ0v) is 11.2. The SMILES string of the molecule is C1CCCC(NC2CCN3CCCC3C2)CC1. The number of nitrogens with zero attached hydrogens (tertiary/aromatic N) is 1. The van der Waals surface area contributed by atoms with Crippen LogP contribution in [0.15, 0.2) is 0 Å². The monoisotopic (exact) mass is 236 g/mol. The Morgan fingerprint density at radius 2 is 1.53 bits per heavy atom. The molecule has 3 rings (SSSR count). The molecule has 2 atom stereocenters. The molecule has 98 valence electrons. The lowest BCUT2D eigenvalue weighted by Gasteiger charge is -2.37. The van der Waals surface area contributed by atoms with E-state index in [1.807, 2.05) is 0 Å². The third-order valence-electron chi connectivity index (χ3n) is 5.15. The highest BCUT2D eigenvalue weighted by Crippen LogP contribution is 2.28. The second kappa shape index (κ2) is 5.71. The topological polar surface area (TPSA) is 15.3 Å². The van der Waals surface area contributed by atoms with E-state index in [1.165, 1.54) is 77.3 Å². The minimum Gasteiger partial charge on any atom is -0.311 e. The summed E-state index contributed by atoms with van der Waals surface area (Å²) in [4.78, 5) is 2.73. The third-order valence-corrected chi connectivity index (χ3v) is 5.15. The standard InChI is InChI=1S/C15H28N2/c1-2-4-7-13(6-3-1)16-14-9-11-17-10-5-8-15(17)12-14/h13-16H,1-12H2. The molecule has 3 aliphatic rings. The average molecular weight is 236 g/mol. The molecule has 2 unspecified atom stereocenters. The van der Waals surface area contributed by atoms with Gasteiger partial charge in [-0.05, 0) is 51.6 Å². The van der Waals surface area contributed by atoms with Crippen LogP contribution in [0.3, 0.4) is 0 Å². The Hall–Kier alpha value is -0.0800. The van der Waals surface area contributed by atoms with Crippen LogP contribution in [0.1, 0.15) is 64.2 Å². The number of hydrogen-bond acceptors (Lipinski definition) is 2. The lowest BCUT2D eigenvalue weighted by molar-refractivity contribution is 0.159. The van der Waals surface area contributed by atoms with Crippen molar-refractivity contribution in [1.29, 1.82) is 0 Å². The van der Waals surface area contributed by atoms with Gasteiger partial charge in [0.15, 0.2) is 0 Å². The fraction of sp³-hybridized carbons (Fsp3) is 1.00. The summed E-state index contributed by atoms with van der Waals surface area (Å²) >= 11 is 0. The van der Waals surface area contributed by atoms with E-state index in [2.05, 4.69) is 10.2 Å². The molecule has 0 spiro atoms. The zero-order valence-electron chi connectivity index (χ0n) is 11.2. The molecule has 1 aliphatic carbocycles. The number of fused-ring (bicyclic) bond motifs is 1. The molecule has 0 aromatic heterocycles. The van der Waals surface area contributed by atoms with Crippen molar-refractivity contribution in [3.63, 3.8) is 0 Å².